The van der Waals surface area contributed by atoms with Crippen molar-refractivity contribution in [2.75, 3.05) is 0 Å². The van der Waals surface area contributed by atoms with E-state index in [1.165, 1.54) is 0 Å². The van der Waals surface area contributed by atoms with E-state index in [1.54, 1.807) is 25.1 Å². The molecule has 2 aliphatic carbocycles. The highest BCUT2D eigenvalue weighted by molar-refractivity contribution is 6.17. The van der Waals surface area contributed by atoms with Gasteiger partial charge in [0, 0.05) is 17.9 Å². The molecule has 1 atom stereocenters. The van der Waals surface area contributed by atoms with Crippen LogP contribution in [0.3, 0.4) is 0 Å². The first-order chi connectivity index (χ1) is 11.4. The van der Waals surface area contributed by atoms with Crippen molar-refractivity contribution in [3.8, 4) is 0 Å². The zero-order valence-corrected chi connectivity index (χ0v) is 14.1. The van der Waals surface area contributed by atoms with Crippen molar-refractivity contribution >= 4 is 23.5 Å². The average Bonchev–Trinajstić information content (AvgIpc) is 3.39. The molecule has 0 spiro atoms. The Bertz CT molecular complexity index is 774. The normalized spacial score (nSPS) is 23.4. The zero-order valence-electron chi connectivity index (χ0n) is 13.4. The molecule has 0 heterocycles. The third kappa shape index (κ3) is 2.65. The highest BCUT2D eigenvalue weighted by atomic mass is 35.5. The Hall–Kier alpha value is -2.07. The Labute approximate surface area is 145 Å². The van der Waals surface area contributed by atoms with Gasteiger partial charge in [0.1, 0.15) is 5.41 Å². The van der Waals surface area contributed by atoms with Crippen LogP contribution in [0.1, 0.15) is 48.8 Å². The van der Waals surface area contributed by atoms with E-state index >= 15 is 0 Å². The van der Waals surface area contributed by atoms with Crippen LogP contribution in [0.25, 0.3) is 0 Å². The van der Waals surface area contributed by atoms with Gasteiger partial charge in [-0.25, -0.2) is 4.79 Å². The lowest BCUT2D eigenvalue weighted by molar-refractivity contribution is -0.142. The molecular weight excluding hydrogens is 328 g/mol. The lowest BCUT2D eigenvalue weighted by Crippen LogP contribution is -2.38. The Balaban J connectivity index is 2.18. The van der Waals surface area contributed by atoms with Gasteiger partial charge in [0.15, 0.2) is 0 Å². The number of benzene rings is 1. The number of rotatable bonds is 5. The standard InChI is InChI=1S/C19H19ClO4/c1-11-7-8-19(18(23)24,9-14(11)17(21)22)16-4-2-3-13(12-5-6-12)15(16)10-20/h2-4,7-8,12H,5-6,9-10H2,1H3,(H,21,22)(H,23,24). The molecule has 3 rings (SSSR count). The summed E-state index contributed by atoms with van der Waals surface area (Å²) in [5.41, 5.74) is 1.87. The van der Waals surface area contributed by atoms with Gasteiger partial charge in [0.05, 0.1) is 0 Å². The molecule has 0 aliphatic heterocycles. The average molecular weight is 347 g/mol. The molecule has 0 radical (unpaired) electrons. The molecule has 0 aromatic heterocycles. The molecule has 0 bridgehead atoms. The fourth-order valence-electron chi connectivity index (χ4n) is 3.49. The highest BCUT2D eigenvalue weighted by Crippen LogP contribution is 2.46. The van der Waals surface area contributed by atoms with Crippen LogP contribution >= 0.6 is 11.6 Å². The molecule has 126 valence electrons. The molecular formula is C19H19ClO4. The minimum atomic E-state index is -1.39. The van der Waals surface area contributed by atoms with E-state index in [0.717, 1.165) is 24.0 Å². The Kier molecular flexibility index (Phi) is 4.26. The van der Waals surface area contributed by atoms with E-state index in [-0.39, 0.29) is 17.9 Å². The van der Waals surface area contributed by atoms with Gasteiger partial charge in [-0.1, -0.05) is 30.4 Å². The number of aliphatic carboxylic acids is 2. The summed E-state index contributed by atoms with van der Waals surface area (Å²) < 4.78 is 0. The van der Waals surface area contributed by atoms with E-state index in [4.69, 9.17) is 11.6 Å². The van der Waals surface area contributed by atoms with Crippen molar-refractivity contribution in [3.05, 3.63) is 58.2 Å². The number of halogens is 1. The second-order valence-corrected chi connectivity index (χ2v) is 6.80. The van der Waals surface area contributed by atoms with E-state index < -0.39 is 17.4 Å². The lowest BCUT2D eigenvalue weighted by atomic mass is 9.69. The minimum absolute atomic E-state index is 0.0714. The zero-order chi connectivity index (χ0) is 17.5. The molecule has 1 aromatic carbocycles. The number of hydrogen-bond donors (Lipinski definition) is 2. The smallest absolute Gasteiger partial charge is 0.331 e. The summed E-state index contributed by atoms with van der Waals surface area (Å²) in [6.07, 6.45) is 5.31. The Morgan fingerprint density at radius 1 is 1.29 bits per heavy atom. The van der Waals surface area contributed by atoms with E-state index in [0.29, 0.717) is 17.1 Å². The third-order valence-electron chi connectivity index (χ3n) is 5.03. The number of carbonyl (C=O) groups is 2. The van der Waals surface area contributed by atoms with E-state index in [2.05, 4.69) is 0 Å². The number of carboxylic acids is 2. The molecule has 1 saturated carbocycles. The van der Waals surface area contributed by atoms with Crippen molar-refractivity contribution in [3.63, 3.8) is 0 Å². The highest BCUT2D eigenvalue weighted by Gasteiger charge is 2.44. The van der Waals surface area contributed by atoms with Crippen LogP contribution in [0.4, 0.5) is 0 Å². The molecule has 1 unspecified atom stereocenters. The van der Waals surface area contributed by atoms with Gasteiger partial charge in [-0.3, -0.25) is 4.79 Å². The second kappa shape index (κ2) is 6.10. The van der Waals surface area contributed by atoms with Crippen molar-refractivity contribution in [2.24, 2.45) is 0 Å². The largest absolute Gasteiger partial charge is 0.480 e. The summed E-state index contributed by atoms with van der Waals surface area (Å²) in [6.45, 7) is 1.69. The molecule has 1 aromatic rings. The van der Waals surface area contributed by atoms with Crippen LogP contribution < -0.4 is 0 Å². The molecule has 2 aliphatic rings. The molecule has 24 heavy (non-hydrogen) atoms. The van der Waals surface area contributed by atoms with Gasteiger partial charge in [-0.15, -0.1) is 11.6 Å². The summed E-state index contributed by atoms with van der Waals surface area (Å²) in [5, 5.41) is 19.4. The first kappa shape index (κ1) is 16.8. The van der Waals surface area contributed by atoms with Crippen LogP contribution in [0.2, 0.25) is 0 Å². The number of alkyl halides is 1. The summed E-state index contributed by atoms with van der Waals surface area (Å²) in [6, 6.07) is 5.62. The molecule has 0 saturated heterocycles. The SMILES string of the molecule is CC1=C(C(=O)O)CC(C(=O)O)(c2cccc(C3CC3)c2CCl)C=C1. The summed E-state index contributed by atoms with van der Waals surface area (Å²) in [4.78, 5) is 23.7. The Morgan fingerprint density at radius 2 is 2.00 bits per heavy atom. The van der Waals surface area contributed by atoms with Gasteiger partial charge < -0.3 is 10.2 Å². The molecule has 5 heteroatoms. The lowest BCUT2D eigenvalue weighted by Gasteiger charge is -2.32. The van der Waals surface area contributed by atoms with Gasteiger partial charge in [-0.2, -0.15) is 0 Å². The number of allylic oxidation sites excluding steroid dienone is 2. The molecule has 0 amide bonds. The van der Waals surface area contributed by atoms with Crippen LogP contribution in [0.5, 0.6) is 0 Å². The van der Waals surface area contributed by atoms with E-state index in [1.807, 2.05) is 12.1 Å². The minimum Gasteiger partial charge on any atom is -0.480 e. The van der Waals surface area contributed by atoms with Gasteiger partial charge in [-0.05, 0) is 47.9 Å². The predicted molar refractivity (Wildman–Crippen MR) is 91.4 cm³/mol. The third-order valence-corrected chi connectivity index (χ3v) is 5.30. The molecule has 1 fully saturated rings. The predicted octanol–water partition coefficient (Wildman–Crippen LogP) is 3.99. The van der Waals surface area contributed by atoms with Gasteiger partial charge in [0.2, 0.25) is 0 Å². The van der Waals surface area contributed by atoms with Gasteiger partial charge >= 0.3 is 11.9 Å². The summed E-state index contributed by atoms with van der Waals surface area (Å²) >= 11 is 6.18. The van der Waals surface area contributed by atoms with Crippen molar-refractivity contribution in [1.29, 1.82) is 0 Å². The van der Waals surface area contributed by atoms with Gasteiger partial charge in [0.25, 0.3) is 0 Å². The topological polar surface area (TPSA) is 74.6 Å². The fourth-order valence-corrected chi connectivity index (χ4v) is 3.78. The maximum atomic E-state index is 12.2. The fraction of sp³-hybridized carbons (Fsp3) is 0.368. The van der Waals surface area contributed by atoms with Crippen molar-refractivity contribution in [2.45, 2.75) is 43.4 Å². The van der Waals surface area contributed by atoms with Crippen LogP contribution in [0, 0.1) is 0 Å². The molecule has 4 nitrogen and oxygen atoms in total. The quantitative estimate of drug-likeness (QED) is 0.790. The monoisotopic (exact) mass is 346 g/mol. The van der Waals surface area contributed by atoms with Crippen molar-refractivity contribution < 1.29 is 19.8 Å². The second-order valence-electron chi connectivity index (χ2n) is 6.53. The van der Waals surface area contributed by atoms with Crippen LogP contribution in [0.15, 0.2) is 41.5 Å². The van der Waals surface area contributed by atoms with Crippen LogP contribution in [-0.4, -0.2) is 22.2 Å². The van der Waals surface area contributed by atoms with E-state index in [9.17, 15) is 19.8 Å². The number of carboxylic acid groups (broad SMARTS) is 2. The Morgan fingerprint density at radius 3 is 2.54 bits per heavy atom. The first-order valence-electron chi connectivity index (χ1n) is 7.94. The summed E-state index contributed by atoms with van der Waals surface area (Å²) in [5.74, 6) is -1.47. The van der Waals surface area contributed by atoms with Crippen molar-refractivity contribution in [1.82, 2.24) is 0 Å². The maximum Gasteiger partial charge on any atom is 0.331 e. The molecule has 2 N–H and O–H groups in total. The maximum absolute atomic E-state index is 12.2. The first-order valence-corrected chi connectivity index (χ1v) is 8.48. The number of hydrogen-bond acceptors (Lipinski definition) is 2. The van der Waals surface area contributed by atoms with Crippen LogP contribution in [-0.2, 0) is 20.9 Å². The summed E-state index contributed by atoms with van der Waals surface area (Å²) in [7, 11) is 0.